The molecule has 9 heteroatoms. The van der Waals surface area contributed by atoms with Crippen LogP contribution in [0.3, 0.4) is 0 Å². The predicted molar refractivity (Wildman–Crippen MR) is 145 cm³/mol. The van der Waals surface area contributed by atoms with Crippen LogP contribution in [0, 0.1) is 12.8 Å². The summed E-state index contributed by atoms with van der Waals surface area (Å²) >= 11 is 3.68. The molecule has 2 heterocycles. The van der Waals surface area contributed by atoms with Crippen molar-refractivity contribution in [3.05, 3.63) is 69.6 Å². The van der Waals surface area contributed by atoms with Crippen LogP contribution in [0.4, 0.5) is 11.6 Å². The average molecular weight is 554 g/mol. The van der Waals surface area contributed by atoms with E-state index < -0.39 is 6.04 Å². The number of fused-ring (bicyclic) bond motifs is 1. The Morgan fingerprint density at radius 1 is 1.22 bits per heavy atom. The highest BCUT2D eigenvalue weighted by Crippen LogP contribution is 2.43. The molecular formula is C27H32BrN5O3. The zero-order valence-corrected chi connectivity index (χ0v) is 22.8. The van der Waals surface area contributed by atoms with Gasteiger partial charge in [-0.25, -0.2) is 4.68 Å². The summed E-state index contributed by atoms with van der Waals surface area (Å²) in [6, 6.07) is 11.1. The summed E-state index contributed by atoms with van der Waals surface area (Å²) in [6.07, 6.45) is 2.41. The monoisotopic (exact) mass is 553 g/mol. The molecule has 0 spiro atoms. The number of ether oxygens (including phenoxy) is 2. The normalized spacial score (nSPS) is 14.9. The van der Waals surface area contributed by atoms with Crippen molar-refractivity contribution in [3.63, 3.8) is 0 Å². The Morgan fingerprint density at radius 3 is 2.75 bits per heavy atom. The molecular weight excluding hydrogens is 522 g/mol. The number of hydrogen-bond acceptors (Lipinski definition) is 6. The largest absolute Gasteiger partial charge is 0.490 e. The molecule has 2 aromatic carbocycles. The number of rotatable bonds is 9. The molecule has 0 saturated heterocycles. The van der Waals surface area contributed by atoms with E-state index in [9.17, 15) is 4.79 Å². The number of hydrogen-bond donors (Lipinski definition) is 2. The van der Waals surface area contributed by atoms with Gasteiger partial charge in [-0.3, -0.25) is 4.79 Å². The lowest BCUT2D eigenvalue weighted by molar-refractivity contribution is -0.113. The first kappa shape index (κ1) is 25.8. The van der Waals surface area contributed by atoms with Gasteiger partial charge in [0.1, 0.15) is 12.4 Å². The Hall–Kier alpha value is -3.33. The minimum absolute atomic E-state index is 0.219. The van der Waals surface area contributed by atoms with E-state index in [1.165, 1.54) is 6.33 Å². The number of carbonyl (C=O) groups excluding carboxylic acids is 1. The van der Waals surface area contributed by atoms with Gasteiger partial charge in [-0.2, -0.15) is 10.1 Å². The zero-order valence-electron chi connectivity index (χ0n) is 21.3. The van der Waals surface area contributed by atoms with Crippen LogP contribution < -0.4 is 20.1 Å². The third-order valence-electron chi connectivity index (χ3n) is 5.90. The van der Waals surface area contributed by atoms with Crippen LogP contribution >= 0.6 is 15.9 Å². The van der Waals surface area contributed by atoms with Crippen molar-refractivity contribution in [1.29, 1.82) is 0 Å². The molecule has 4 rings (SSSR count). The smallest absolute Gasteiger partial charge is 0.255 e. The maximum absolute atomic E-state index is 13.6. The van der Waals surface area contributed by atoms with Gasteiger partial charge in [0.25, 0.3) is 5.91 Å². The van der Waals surface area contributed by atoms with Crippen LogP contribution in [-0.4, -0.2) is 33.9 Å². The van der Waals surface area contributed by atoms with Crippen molar-refractivity contribution in [2.75, 3.05) is 23.8 Å². The Morgan fingerprint density at radius 2 is 2.03 bits per heavy atom. The molecule has 1 aromatic heterocycles. The number of amides is 1. The minimum Gasteiger partial charge on any atom is -0.490 e. The summed E-state index contributed by atoms with van der Waals surface area (Å²) in [7, 11) is 0. The number of carbonyl (C=O) groups is 1. The molecule has 1 atom stereocenters. The van der Waals surface area contributed by atoms with Crippen LogP contribution in [0.1, 0.15) is 51.3 Å². The standard InChI is InChI=1S/C27H32BrN5O3/c1-6-35-22-14-19(13-21(28)25(22)36-11-10-16(2)3)24-23(18(5)31-27-29-15-30-33(24)27)26(34)32-20-9-7-8-17(4)12-20/h7-9,12-16,24H,6,10-11H2,1-5H3,(H,32,34)(H,29,30,31). The third kappa shape index (κ3) is 5.56. The molecule has 0 aliphatic carbocycles. The summed E-state index contributed by atoms with van der Waals surface area (Å²) in [6.45, 7) is 11.2. The van der Waals surface area contributed by atoms with Crippen molar-refractivity contribution < 1.29 is 14.3 Å². The van der Waals surface area contributed by atoms with Crippen molar-refractivity contribution in [3.8, 4) is 11.5 Å². The first-order valence-electron chi connectivity index (χ1n) is 12.1. The highest BCUT2D eigenvalue weighted by Gasteiger charge is 2.34. The Kier molecular flexibility index (Phi) is 7.98. The second-order valence-electron chi connectivity index (χ2n) is 9.21. The molecule has 0 fully saturated rings. The molecule has 0 radical (unpaired) electrons. The van der Waals surface area contributed by atoms with Gasteiger partial charge in [-0.15, -0.1) is 0 Å². The van der Waals surface area contributed by atoms with Gasteiger partial charge in [0.05, 0.1) is 23.3 Å². The first-order chi connectivity index (χ1) is 17.3. The molecule has 36 heavy (non-hydrogen) atoms. The van der Waals surface area contributed by atoms with E-state index in [1.807, 2.05) is 57.2 Å². The Labute approximate surface area is 220 Å². The fraction of sp³-hybridized carbons (Fsp3) is 0.370. The van der Waals surface area contributed by atoms with Gasteiger partial charge in [0.15, 0.2) is 11.5 Å². The quantitative estimate of drug-likeness (QED) is 0.332. The van der Waals surface area contributed by atoms with E-state index in [4.69, 9.17) is 9.47 Å². The highest BCUT2D eigenvalue weighted by molar-refractivity contribution is 9.10. The molecule has 1 amide bonds. The first-order valence-corrected chi connectivity index (χ1v) is 12.9. The predicted octanol–water partition coefficient (Wildman–Crippen LogP) is 6.10. The van der Waals surface area contributed by atoms with Crippen molar-refractivity contribution in [2.45, 2.75) is 47.1 Å². The minimum atomic E-state index is -0.520. The van der Waals surface area contributed by atoms with Gasteiger partial charge in [-0.05, 0) is 84.4 Å². The van der Waals surface area contributed by atoms with Gasteiger partial charge < -0.3 is 20.1 Å². The second kappa shape index (κ2) is 11.2. The summed E-state index contributed by atoms with van der Waals surface area (Å²) in [5, 5.41) is 10.7. The molecule has 190 valence electrons. The van der Waals surface area contributed by atoms with Crippen LogP contribution in [0.5, 0.6) is 11.5 Å². The summed E-state index contributed by atoms with van der Waals surface area (Å²) in [5.74, 6) is 2.14. The number of benzene rings is 2. The lowest BCUT2D eigenvalue weighted by Crippen LogP contribution is -2.31. The maximum Gasteiger partial charge on any atom is 0.255 e. The molecule has 1 aliphatic heterocycles. The van der Waals surface area contributed by atoms with Crippen LogP contribution in [-0.2, 0) is 4.79 Å². The summed E-state index contributed by atoms with van der Waals surface area (Å²) in [5.41, 5.74) is 3.86. The van der Waals surface area contributed by atoms with Gasteiger partial charge in [-0.1, -0.05) is 26.0 Å². The van der Waals surface area contributed by atoms with E-state index in [2.05, 4.69) is 50.5 Å². The van der Waals surface area contributed by atoms with Crippen LogP contribution in [0.25, 0.3) is 0 Å². The van der Waals surface area contributed by atoms with E-state index in [1.54, 1.807) is 4.68 Å². The van der Waals surface area contributed by atoms with Crippen molar-refractivity contribution in [1.82, 2.24) is 14.8 Å². The molecule has 1 unspecified atom stereocenters. The lowest BCUT2D eigenvalue weighted by atomic mass is 9.94. The zero-order chi connectivity index (χ0) is 25.8. The van der Waals surface area contributed by atoms with Crippen molar-refractivity contribution in [2.24, 2.45) is 5.92 Å². The number of anilines is 2. The van der Waals surface area contributed by atoms with Gasteiger partial charge in [0, 0.05) is 11.4 Å². The average Bonchev–Trinajstić information content (AvgIpc) is 3.27. The number of aromatic nitrogens is 3. The van der Waals surface area contributed by atoms with E-state index >= 15 is 0 Å². The molecule has 0 saturated carbocycles. The van der Waals surface area contributed by atoms with Gasteiger partial charge in [0.2, 0.25) is 5.95 Å². The van der Waals surface area contributed by atoms with Gasteiger partial charge >= 0.3 is 0 Å². The Balaban J connectivity index is 1.75. The lowest BCUT2D eigenvalue weighted by Gasteiger charge is -2.29. The number of nitrogens with zero attached hydrogens (tertiary/aromatic N) is 3. The fourth-order valence-corrected chi connectivity index (χ4v) is 4.73. The van der Waals surface area contributed by atoms with Crippen LogP contribution in [0.2, 0.25) is 0 Å². The molecule has 2 N–H and O–H groups in total. The molecule has 0 bridgehead atoms. The van der Waals surface area contributed by atoms with E-state index in [0.717, 1.165) is 27.7 Å². The van der Waals surface area contributed by atoms with Crippen molar-refractivity contribution >= 4 is 33.5 Å². The molecule has 1 aliphatic rings. The number of allylic oxidation sites excluding steroid dienone is 1. The van der Waals surface area contributed by atoms with E-state index in [0.29, 0.717) is 47.8 Å². The number of nitrogens with one attached hydrogen (secondary N) is 2. The summed E-state index contributed by atoms with van der Waals surface area (Å²) < 4.78 is 14.5. The fourth-order valence-electron chi connectivity index (χ4n) is 4.16. The number of aryl methyl sites for hydroxylation is 1. The van der Waals surface area contributed by atoms with E-state index in [-0.39, 0.29) is 5.91 Å². The maximum atomic E-state index is 13.6. The molecule has 8 nitrogen and oxygen atoms in total. The SMILES string of the molecule is CCOc1cc(C2C(C(=O)Nc3cccc(C)c3)=C(C)Nc3ncnn32)cc(Br)c1OCCC(C)C. The highest BCUT2D eigenvalue weighted by atomic mass is 79.9. The van der Waals surface area contributed by atoms with Crippen LogP contribution in [0.15, 0.2) is 58.5 Å². The summed E-state index contributed by atoms with van der Waals surface area (Å²) in [4.78, 5) is 18.0. The Bertz CT molecular complexity index is 1280. The second-order valence-corrected chi connectivity index (χ2v) is 10.1. The third-order valence-corrected chi connectivity index (χ3v) is 6.49. The number of halogens is 1. The molecule has 3 aromatic rings. The topological polar surface area (TPSA) is 90.3 Å².